The van der Waals surface area contributed by atoms with Gasteiger partial charge in [0.2, 0.25) is 0 Å². The number of amides is 1. The Hall–Kier alpha value is -2.63. The molecule has 0 unspecified atom stereocenters. The molecule has 1 saturated heterocycles. The van der Waals surface area contributed by atoms with Crippen LogP contribution in [-0.2, 0) is 13.6 Å². The first kappa shape index (κ1) is 16.5. The lowest BCUT2D eigenvalue weighted by molar-refractivity contribution is 0.0703. The molecule has 27 heavy (non-hydrogen) atoms. The Morgan fingerprint density at radius 2 is 2.11 bits per heavy atom. The Bertz CT molecular complexity index is 984. The summed E-state index contributed by atoms with van der Waals surface area (Å²) in [5, 5.41) is 0. The predicted molar refractivity (Wildman–Crippen MR) is 104 cm³/mol. The number of likely N-dealkylation sites (tertiary alicyclic amines) is 1. The first-order valence-corrected chi connectivity index (χ1v) is 9.90. The van der Waals surface area contributed by atoms with Crippen LogP contribution in [0.25, 0.3) is 11.0 Å². The van der Waals surface area contributed by atoms with E-state index in [9.17, 15) is 4.79 Å². The second-order valence-corrected chi connectivity index (χ2v) is 8.03. The quantitative estimate of drug-likeness (QED) is 0.715. The third kappa shape index (κ3) is 3.13. The molecule has 3 aromatic rings. The normalized spacial score (nSPS) is 20.3. The van der Waals surface area contributed by atoms with E-state index in [2.05, 4.69) is 20.7 Å². The highest BCUT2D eigenvalue weighted by Gasteiger charge is 2.30. The Kier molecular flexibility index (Phi) is 3.99. The largest absolute Gasteiger partial charge is 0.338 e. The van der Waals surface area contributed by atoms with E-state index < -0.39 is 0 Å². The fourth-order valence-corrected chi connectivity index (χ4v) is 4.24. The average molecular weight is 363 g/mol. The van der Waals surface area contributed by atoms with Gasteiger partial charge in [-0.05, 0) is 49.8 Å². The molecule has 0 spiro atoms. The summed E-state index contributed by atoms with van der Waals surface area (Å²) in [6, 6.07) is 5.82. The maximum Gasteiger partial charge on any atom is 0.253 e. The number of hydrogen-bond acceptors (Lipinski definition) is 3. The standard InChI is InChI=1S/C21H25N5O/c1-24-14-23-18-11-16(6-7-19(18)24)21(27)26-9-2-3-17(13-26)20-22-8-10-25(20)12-15-4-5-15/h6-8,10-11,14-15,17H,2-5,9,12-13H2,1H3/t17-/m0/s1. The monoisotopic (exact) mass is 363 g/mol. The van der Waals surface area contributed by atoms with Crippen LogP contribution in [0.15, 0.2) is 36.9 Å². The minimum atomic E-state index is 0.104. The molecule has 6 nitrogen and oxygen atoms in total. The van der Waals surface area contributed by atoms with Crippen LogP contribution in [0.1, 0.15) is 47.8 Å². The van der Waals surface area contributed by atoms with Gasteiger partial charge in [-0.1, -0.05) is 0 Å². The van der Waals surface area contributed by atoms with Gasteiger partial charge >= 0.3 is 0 Å². The number of carbonyl (C=O) groups is 1. The zero-order valence-electron chi connectivity index (χ0n) is 15.7. The second-order valence-electron chi connectivity index (χ2n) is 8.03. The molecule has 1 amide bonds. The molecular formula is C21H25N5O. The lowest BCUT2D eigenvalue weighted by Gasteiger charge is -2.32. The van der Waals surface area contributed by atoms with Crippen LogP contribution < -0.4 is 0 Å². The fourth-order valence-electron chi connectivity index (χ4n) is 4.24. The van der Waals surface area contributed by atoms with Crippen molar-refractivity contribution in [3.8, 4) is 0 Å². The van der Waals surface area contributed by atoms with Gasteiger partial charge in [-0.15, -0.1) is 0 Å². The Labute approximate surface area is 158 Å². The zero-order valence-corrected chi connectivity index (χ0v) is 15.7. The van der Waals surface area contributed by atoms with Gasteiger partial charge in [-0.3, -0.25) is 4.79 Å². The lowest BCUT2D eigenvalue weighted by Crippen LogP contribution is -2.39. The number of carbonyl (C=O) groups excluding carboxylic acids is 1. The fraction of sp³-hybridized carbons (Fsp3) is 0.476. The number of rotatable bonds is 4. The number of aryl methyl sites for hydroxylation is 1. The van der Waals surface area contributed by atoms with Crippen LogP contribution in [0, 0.1) is 5.92 Å². The Morgan fingerprint density at radius 1 is 1.22 bits per heavy atom. The maximum absolute atomic E-state index is 13.1. The van der Waals surface area contributed by atoms with Crippen LogP contribution in [-0.4, -0.2) is 43.0 Å². The zero-order chi connectivity index (χ0) is 18.4. The topological polar surface area (TPSA) is 56.0 Å². The summed E-state index contributed by atoms with van der Waals surface area (Å²) in [5.41, 5.74) is 2.64. The van der Waals surface area contributed by atoms with Crippen molar-refractivity contribution < 1.29 is 4.79 Å². The summed E-state index contributed by atoms with van der Waals surface area (Å²) >= 11 is 0. The molecule has 2 aromatic heterocycles. The number of benzene rings is 1. The van der Waals surface area contributed by atoms with Crippen molar-refractivity contribution in [3.63, 3.8) is 0 Å². The van der Waals surface area contributed by atoms with Crippen molar-refractivity contribution in [1.82, 2.24) is 24.0 Å². The summed E-state index contributed by atoms with van der Waals surface area (Å²) in [5.74, 6) is 2.41. The van der Waals surface area contributed by atoms with E-state index in [-0.39, 0.29) is 5.91 Å². The van der Waals surface area contributed by atoms with Crippen molar-refractivity contribution in [1.29, 1.82) is 0 Å². The van der Waals surface area contributed by atoms with Gasteiger partial charge in [0.25, 0.3) is 5.91 Å². The van der Waals surface area contributed by atoms with Gasteiger partial charge in [-0.25, -0.2) is 9.97 Å². The number of hydrogen-bond donors (Lipinski definition) is 0. The van der Waals surface area contributed by atoms with E-state index in [1.807, 2.05) is 40.9 Å². The van der Waals surface area contributed by atoms with E-state index in [1.54, 1.807) is 6.33 Å². The molecule has 1 atom stereocenters. The van der Waals surface area contributed by atoms with Gasteiger partial charge < -0.3 is 14.0 Å². The van der Waals surface area contributed by atoms with E-state index in [0.29, 0.717) is 5.92 Å². The smallest absolute Gasteiger partial charge is 0.253 e. The first-order valence-electron chi connectivity index (χ1n) is 9.90. The van der Waals surface area contributed by atoms with Crippen LogP contribution in [0.2, 0.25) is 0 Å². The number of piperidine rings is 1. The summed E-state index contributed by atoms with van der Waals surface area (Å²) in [7, 11) is 1.97. The van der Waals surface area contributed by atoms with Crippen molar-refractivity contribution in [2.45, 2.75) is 38.1 Å². The summed E-state index contributed by atoms with van der Waals surface area (Å²) in [6.45, 7) is 2.65. The van der Waals surface area contributed by atoms with Crippen molar-refractivity contribution >= 4 is 16.9 Å². The highest BCUT2D eigenvalue weighted by molar-refractivity contribution is 5.97. The highest BCUT2D eigenvalue weighted by Crippen LogP contribution is 2.33. The maximum atomic E-state index is 13.1. The average Bonchev–Trinajstić information content (AvgIpc) is 3.26. The lowest BCUT2D eigenvalue weighted by atomic mass is 9.96. The van der Waals surface area contributed by atoms with E-state index in [0.717, 1.165) is 60.8 Å². The molecule has 1 aliphatic heterocycles. The van der Waals surface area contributed by atoms with Crippen molar-refractivity contribution in [2.75, 3.05) is 13.1 Å². The summed E-state index contributed by atoms with van der Waals surface area (Å²) in [6.07, 6.45) is 10.6. The van der Waals surface area contributed by atoms with Gasteiger partial charge in [0, 0.05) is 50.6 Å². The summed E-state index contributed by atoms with van der Waals surface area (Å²) < 4.78 is 4.29. The molecule has 5 rings (SSSR count). The van der Waals surface area contributed by atoms with E-state index in [1.165, 1.54) is 12.8 Å². The van der Waals surface area contributed by atoms with E-state index >= 15 is 0 Å². The molecule has 0 bridgehead atoms. The van der Waals surface area contributed by atoms with Gasteiger partial charge in [0.15, 0.2) is 0 Å². The Balaban J connectivity index is 1.35. The third-order valence-electron chi connectivity index (χ3n) is 5.95. The van der Waals surface area contributed by atoms with Crippen LogP contribution in [0.4, 0.5) is 0 Å². The molecule has 3 heterocycles. The number of fused-ring (bicyclic) bond motifs is 1. The molecule has 1 aromatic carbocycles. The SMILES string of the molecule is Cn1cnc2cc(C(=O)N3CCC[C@H](c4nccn4CC4CC4)C3)ccc21. The summed E-state index contributed by atoms with van der Waals surface area (Å²) in [4.78, 5) is 24.1. The molecule has 0 radical (unpaired) electrons. The number of nitrogens with zero attached hydrogens (tertiary/aromatic N) is 5. The van der Waals surface area contributed by atoms with Gasteiger partial charge in [-0.2, -0.15) is 0 Å². The minimum absolute atomic E-state index is 0.104. The Morgan fingerprint density at radius 3 is 2.96 bits per heavy atom. The molecule has 2 aliphatic rings. The van der Waals surface area contributed by atoms with Gasteiger partial charge in [0.05, 0.1) is 17.4 Å². The number of imidazole rings is 2. The van der Waals surface area contributed by atoms with E-state index in [4.69, 9.17) is 0 Å². The molecule has 1 saturated carbocycles. The van der Waals surface area contributed by atoms with Crippen molar-refractivity contribution in [3.05, 3.63) is 48.3 Å². The molecule has 140 valence electrons. The van der Waals surface area contributed by atoms with Crippen molar-refractivity contribution in [2.24, 2.45) is 13.0 Å². The highest BCUT2D eigenvalue weighted by atomic mass is 16.2. The second kappa shape index (κ2) is 6.51. The molecule has 1 aliphatic carbocycles. The predicted octanol–water partition coefficient (Wildman–Crippen LogP) is 3.20. The number of aromatic nitrogens is 4. The minimum Gasteiger partial charge on any atom is -0.338 e. The van der Waals surface area contributed by atoms with Crippen LogP contribution >= 0.6 is 0 Å². The van der Waals surface area contributed by atoms with Crippen LogP contribution in [0.5, 0.6) is 0 Å². The van der Waals surface area contributed by atoms with Crippen LogP contribution in [0.3, 0.4) is 0 Å². The molecule has 6 heteroatoms. The third-order valence-corrected chi connectivity index (χ3v) is 5.95. The molecule has 0 N–H and O–H groups in total. The molecule has 2 fully saturated rings. The van der Waals surface area contributed by atoms with Gasteiger partial charge in [0.1, 0.15) is 5.82 Å². The molecular weight excluding hydrogens is 338 g/mol. The first-order chi connectivity index (χ1) is 13.2.